The highest BCUT2D eigenvalue weighted by Gasteiger charge is 2.71. The zero-order chi connectivity index (χ0) is 32.8. The van der Waals surface area contributed by atoms with Gasteiger partial charge in [0.05, 0.1) is 16.4 Å². The van der Waals surface area contributed by atoms with Crippen molar-refractivity contribution < 1.29 is 27.4 Å². The molecule has 8 rings (SSSR count). The number of phenols is 1. The standard InChI is InChI=1S/C34H31F4N7O2/c1-4-21-24(35)8-5-17-9-20(46)10-22(25(17)21)26-28(36)30-27(23-13-44(3)43-29(23)26)31(45-18-6-7-19(45)12-40-11-18)42-32(41-30)47-16-33(15-39-2)14-34(33,37)38/h1,5,8-10,13,18-19,39-40,46H,6-7,11-12,14-16H2,2-3H3/t18-,19+,33-/m1/s1. The van der Waals surface area contributed by atoms with Crippen molar-refractivity contribution in [3.8, 4) is 35.2 Å². The summed E-state index contributed by atoms with van der Waals surface area (Å²) < 4.78 is 68.9. The number of alkyl halides is 2. The van der Waals surface area contributed by atoms with Crippen molar-refractivity contribution in [2.45, 2.75) is 37.3 Å². The first-order valence-corrected chi connectivity index (χ1v) is 15.5. The molecule has 9 nitrogen and oxygen atoms in total. The Morgan fingerprint density at radius 1 is 1.13 bits per heavy atom. The third kappa shape index (κ3) is 4.42. The summed E-state index contributed by atoms with van der Waals surface area (Å²) in [5.74, 6) is -1.78. The normalized spacial score (nSPS) is 23.1. The molecule has 47 heavy (non-hydrogen) atoms. The average molecular weight is 646 g/mol. The molecule has 1 saturated carbocycles. The molecule has 1 aliphatic carbocycles. The largest absolute Gasteiger partial charge is 0.508 e. The summed E-state index contributed by atoms with van der Waals surface area (Å²) in [6.45, 7) is 1.05. The molecular formula is C34H31F4N7O2. The molecule has 0 radical (unpaired) electrons. The van der Waals surface area contributed by atoms with Crippen molar-refractivity contribution in [1.82, 2.24) is 30.4 Å². The van der Waals surface area contributed by atoms with Gasteiger partial charge in [0.2, 0.25) is 0 Å². The fourth-order valence-corrected chi connectivity index (χ4v) is 7.62. The van der Waals surface area contributed by atoms with Gasteiger partial charge in [-0.1, -0.05) is 12.0 Å². The van der Waals surface area contributed by atoms with Gasteiger partial charge in [-0.05, 0) is 49.0 Å². The minimum Gasteiger partial charge on any atom is -0.508 e. The lowest BCUT2D eigenvalue weighted by atomic mass is 9.91. The van der Waals surface area contributed by atoms with Crippen molar-refractivity contribution in [3.63, 3.8) is 0 Å². The molecule has 3 fully saturated rings. The number of halogens is 4. The number of aromatic nitrogens is 4. The third-order valence-electron chi connectivity index (χ3n) is 9.93. The molecule has 3 aliphatic rings. The van der Waals surface area contributed by atoms with Crippen LogP contribution in [0.25, 0.3) is 43.7 Å². The monoisotopic (exact) mass is 645 g/mol. The molecular weight excluding hydrogens is 614 g/mol. The van der Waals surface area contributed by atoms with Crippen LogP contribution in [-0.4, -0.2) is 76.2 Å². The molecule has 242 valence electrons. The number of aromatic hydroxyl groups is 1. The number of fused-ring (bicyclic) bond motifs is 6. The van der Waals surface area contributed by atoms with E-state index < -0.39 is 23.0 Å². The number of phenolic OH excluding ortho intramolecular Hbond substituents is 1. The van der Waals surface area contributed by atoms with Gasteiger partial charge in [-0.15, -0.1) is 6.42 Å². The summed E-state index contributed by atoms with van der Waals surface area (Å²) in [6.07, 6.45) is 8.91. The van der Waals surface area contributed by atoms with Gasteiger partial charge < -0.3 is 25.4 Å². The van der Waals surface area contributed by atoms with E-state index in [0.29, 0.717) is 35.1 Å². The van der Waals surface area contributed by atoms with Gasteiger partial charge in [-0.2, -0.15) is 15.1 Å². The molecule has 2 aliphatic heterocycles. The quantitative estimate of drug-likeness (QED) is 0.171. The molecule has 5 aromatic rings. The van der Waals surface area contributed by atoms with E-state index in [1.54, 1.807) is 20.3 Å². The van der Waals surface area contributed by atoms with Crippen LogP contribution < -0.4 is 20.3 Å². The van der Waals surface area contributed by atoms with E-state index in [0.717, 1.165) is 12.8 Å². The first-order valence-electron chi connectivity index (χ1n) is 15.5. The fourth-order valence-electron chi connectivity index (χ4n) is 7.62. The predicted octanol–water partition coefficient (Wildman–Crippen LogP) is 4.87. The number of terminal acetylenes is 1. The molecule has 3 aromatic carbocycles. The van der Waals surface area contributed by atoms with Crippen molar-refractivity contribution in [2.75, 3.05) is 38.2 Å². The Labute approximate surface area is 266 Å². The van der Waals surface area contributed by atoms with Crippen LogP contribution in [0.2, 0.25) is 0 Å². The van der Waals surface area contributed by atoms with Crippen LogP contribution >= 0.6 is 0 Å². The second kappa shape index (κ2) is 10.4. The molecule has 0 amide bonds. The van der Waals surface area contributed by atoms with Crippen LogP contribution in [0.3, 0.4) is 0 Å². The minimum absolute atomic E-state index is 0.0237. The first-order chi connectivity index (χ1) is 22.6. The van der Waals surface area contributed by atoms with E-state index in [-0.39, 0.29) is 76.5 Å². The van der Waals surface area contributed by atoms with Crippen LogP contribution in [0.15, 0.2) is 30.5 Å². The maximum Gasteiger partial charge on any atom is 0.319 e. The number of aryl methyl sites for hydroxylation is 1. The van der Waals surface area contributed by atoms with E-state index in [1.165, 1.54) is 28.9 Å². The van der Waals surface area contributed by atoms with Gasteiger partial charge in [0.1, 0.15) is 35.0 Å². The smallest absolute Gasteiger partial charge is 0.319 e. The number of hydrogen-bond acceptors (Lipinski definition) is 8. The SMILES string of the molecule is C#Cc1c(F)ccc2cc(O)cc(-c3c(F)c4nc(OC[C@]5(CNC)CC5(F)F)nc(N5[C@@H]6CC[C@H]5CNC6)c4c4cn(C)nc34)c12. The Bertz CT molecular complexity index is 2150. The molecule has 4 heterocycles. The predicted molar refractivity (Wildman–Crippen MR) is 170 cm³/mol. The van der Waals surface area contributed by atoms with Crippen molar-refractivity contribution in [3.05, 3.63) is 47.7 Å². The molecule has 3 N–H and O–H groups in total. The van der Waals surface area contributed by atoms with Crippen LogP contribution in [0.5, 0.6) is 11.8 Å². The first kappa shape index (κ1) is 29.7. The number of hydrogen-bond donors (Lipinski definition) is 3. The maximum atomic E-state index is 17.4. The van der Waals surface area contributed by atoms with E-state index in [1.807, 2.05) is 0 Å². The summed E-state index contributed by atoms with van der Waals surface area (Å²) in [7, 11) is 3.30. The van der Waals surface area contributed by atoms with E-state index >= 15 is 8.78 Å². The van der Waals surface area contributed by atoms with Crippen LogP contribution in [-0.2, 0) is 7.05 Å². The number of benzene rings is 3. The van der Waals surface area contributed by atoms with E-state index in [2.05, 4.69) is 31.5 Å². The van der Waals surface area contributed by atoms with Gasteiger partial charge in [0.15, 0.2) is 5.82 Å². The van der Waals surface area contributed by atoms with Gasteiger partial charge in [0.25, 0.3) is 5.92 Å². The topological polar surface area (TPSA) is 100 Å². The number of piperazine rings is 1. The second-order valence-corrected chi connectivity index (χ2v) is 12.9. The highest BCUT2D eigenvalue weighted by Crippen LogP contribution is 2.60. The third-order valence-corrected chi connectivity index (χ3v) is 9.93. The fraction of sp³-hybridized carbons (Fsp3) is 0.382. The van der Waals surface area contributed by atoms with E-state index in [4.69, 9.17) is 16.1 Å². The Morgan fingerprint density at radius 3 is 2.55 bits per heavy atom. The van der Waals surface area contributed by atoms with Gasteiger partial charge >= 0.3 is 6.01 Å². The number of ether oxygens (including phenoxy) is 1. The van der Waals surface area contributed by atoms with Gasteiger partial charge in [-0.25, -0.2) is 17.6 Å². The van der Waals surface area contributed by atoms with Crippen LogP contribution in [0, 0.1) is 29.4 Å². The Kier molecular flexibility index (Phi) is 6.59. The summed E-state index contributed by atoms with van der Waals surface area (Å²) in [6, 6.07) is 5.31. The van der Waals surface area contributed by atoms with Gasteiger partial charge in [-0.3, -0.25) is 4.68 Å². The summed E-state index contributed by atoms with van der Waals surface area (Å²) in [5.41, 5.74) is -1.31. The zero-order valence-electron chi connectivity index (χ0n) is 25.7. The van der Waals surface area contributed by atoms with Crippen molar-refractivity contribution >= 4 is 38.4 Å². The highest BCUT2D eigenvalue weighted by atomic mass is 19.3. The van der Waals surface area contributed by atoms with Crippen molar-refractivity contribution in [2.24, 2.45) is 12.5 Å². The molecule has 0 unspecified atom stereocenters. The summed E-state index contributed by atoms with van der Waals surface area (Å²) in [5, 5.41) is 23.2. The molecule has 2 bridgehead atoms. The highest BCUT2D eigenvalue weighted by molar-refractivity contribution is 6.18. The Morgan fingerprint density at radius 2 is 1.87 bits per heavy atom. The lowest BCUT2D eigenvalue weighted by Crippen LogP contribution is -2.52. The maximum absolute atomic E-state index is 17.4. The zero-order valence-corrected chi connectivity index (χ0v) is 25.7. The number of nitrogens with zero attached hydrogens (tertiary/aromatic N) is 5. The summed E-state index contributed by atoms with van der Waals surface area (Å²) >= 11 is 0. The van der Waals surface area contributed by atoms with Crippen LogP contribution in [0.1, 0.15) is 24.8 Å². The van der Waals surface area contributed by atoms with Gasteiger partial charge in [0, 0.05) is 67.7 Å². The molecule has 2 aromatic heterocycles. The van der Waals surface area contributed by atoms with Crippen LogP contribution in [0.4, 0.5) is 23.4 Å². The lowest BCUT2D eigenvalue weighted by Gasteiger charge is -2.37. The average Bonchev–Trinajstić information content (AvgIpc) is 3.23. The summed E-state index contributed by atoms with van der Waals surface area (Å²) in [4.78, 5) is 11.5. The van der Waals surface area contributed by atoms with E-state index in [9.17, 15) is 13.9 Å². The molecule has 2 saturated heterocycles. The number of anilines is 1. The molecule has 0 spiro atoms. The second-order valence-electron chi connectivity index (χ2n) is 12.9. The van der Waals surface area contributed by atoms with Crippen molar-refractivity contribution in [1.29, 1.82) is 0 Å². The number of nitrogens with one attached hydrogen (secondary N) is 2. The molecule has 13 heteroatoms. The Hall–Kier alpha value is -4.67. The lowest BCUT2D eigenvalue weighted by molar-refractivity contribution is 0.0411. The number of rotatable bonds is 7. The Balaban J connectivity index is 1.42. The minimum atomic E-state index is -2.92. The molecule has 3 atom stereocenters.